The highest BCUT2D eigenvalue weighted by molar-refractivity contribution is 5.85. The van der Waals surface area contributed by atoms with Gasteiger partial charge in [0.05, 0.1) is 6.04 Å². The minimum absolute atomic E-state index is 0. The van der Waals surface area contributed by atoms with Crippen LogP contribution in [0.1, 0.15) is 45.2 Å². The Hall–Kier alpha value is -0.970. The van der Waals surface area contributed by atoms with E-state index >= 15 is 0 Å². The summed E-state index contributed by atoms with van der Waals surface area (Å²) in [6.45, 7) is 8.02. The van der Waals surface area contributed by atoms with Crippen LogP contribution in [-0.4, -0.2) is 25.0 Å². The van der Waals surface area contributed by atoms with E-state index in [-0.39, 0.29) is 48.7 Å². The van der Waals surface area contributed by atoms with Gasteiger partial charge in [0.15, 0.2) is 0 Å². The molecule has 3 N–H and O–H groups in total. The van der Waals surface area contributed by atoms with E-state index in [1.165, 1.54) is 18.5 Å². The van der Waals surface area contributed by atoms with Gasteiger partial charge in [-0.25, -0.2) is 0 Å². The molecule has 0 aliphatic carbocycles. The Bertz CT molecular complexity index is 490. The van der Waals surface area contributed by atoms with Crippen molar-refractivity contribution in [2.75, 3.05) is 18.0 Å². The average molecular weight is 362 g/mol. The van der Waals surface area contributed by atoms with Crippen molar-refractivity contribution in [1.82, 2.24) is 5.32 Å². The first-order chi connectivity index (χ1) is 9.99. The first-order valence-electron chi connectivity index (χ1n) is 7.90. The highest BCUT2D eigenvalue weighted by atomic mass is 35.5. The molecule has 0 spiro atoms. The molecule has 1 aromatic rings. The number of amides is 1. The van der Waals surface area contributed by atoms with E-state index in [1.807, 2.05) is 20.8 Å². The monoisotopic (exact) mass is 361 g/mol. The van der Waals surface area contributed by atoms with Crippen LogP contribution in [0.2, 0.25) is 0 Å². The third-order valence-corrected chi connectivity index (χ3v) is 4.40. The maximum atomic E-state index is 12.1. The molecular formula is C17H29Cl2N3O. The standard InChI is InChI=1S/C17H27N3O.2ClH/c1-12(13(2)18)17(21)19-14(3)15-7-6-8-16(11-15)20-9-4-5-10-20;;/h6-8,11-14H,4-5,9-10,18H2,1-3H3,(H,19,21);2*1H. The quantitative estimate of drug-likeness (QED) is 0.845. The molecule has 1 aromatic carbocycles. The molecule has 1 aliphatic heterocycles. The number of hydrogen-bond donors (Lipinski definition) is 2. The number of nitrogens with zero attached hydrogens (tertiary/aromatic N) is 1. The normalized spacial score (nSPS) is 17.5. The summed E-state index contributed by atoms with van der Waals surface area (Å²) < 4.78 is 0. The summed E-state index contributed by atoms with van der Waals surface area (Å²) >= 11 is 0. The molecule has 4 nitrogen and oxygen atoms in total. The maximum Gasteiger partial charge on any atom is 0.224 e. The lowest BCUT2D eigenvalue weighted by atomic mass is 10.0. The predicted molar refractivity (Wildman–Crippen MR) is 102 cm³/mol. The molecule has 1 saturated heterocycles. The van der Waals surface area contributed by atoms with Gasteiger partial charge in [0.1, 0.15) is 0 Å². The van der Waals surface area contributed by atoms with Crippen molar-refractivity contribution >= 4 is 36.4 Å². The molecule has 1 aliphatic rings. The van der Waals surface area contributed by atoms with Gasteiger partial charge in [-0.2, -0.15) is 0 Å². The summed E-state index contributed by atoms with van der Waals surface area (Å²) in [6.07, 6.45) is 2.53. The summed E-state index contributed by atoms with van der Waals surface area (Å²) in [4.78, 5) is 14.5. The number of carbonyl (C=O) groups excluding carboxylic acids is 1. The molecule has 0 saturated carbocycles. The van der Waals surface area contributed by atoms with Crippen LogP contribution < -0.4 is 16.0 Å². The van der Waals surface area contributed by atoms with Gasteiger partial charge in [0, 0.05) is 30.7 Å². The Labute approximate surface area is 152 Å². The zero-order valence-corrected chi connectivity index (χ0v) is 15.8. The highest BCUT2D eigenvalue weighted by Gasteiger charge is 2.20. The van der Waals surface area contributed by atoms with Crippen molar-refractivity contribution < 1.29 is 4.79 Å². The van der Waals surface area contributed by atoms with Gasteiger partial charge >= 0.3 is 0 Å². The summed E-state index contributed by atoms with van der Waals surface area (Å²) in [5, 5.41) is 3.06. The van der Waals surface area contributed by atoms with Gasteiger partial charge in [-0.3, -0.25) is 4.79 Å². The van der Waals surface area contributed by atoms with E-state index in [2.05, 4.69) is 34.5 Å². The topological polar surface area (TPSA) is 58.4 Å². The van der Waals surface area contributed by atoms with Crippen LogP contribution >= 0.6 is 24.8 Å². The zero-order valence-electron chi connectivity index (χ0n) is 14.1. The molecular weight excluding hydrogens is 333 g/mol. The highest BCUT2D eigenvalue weighted by Crippen LogP contribution is 2.24. The number of benzene rings is 1. The molecule has 23 heavy (non-hydrogen) atoms. The molecule has 1 amide bonds. The first-order valence-corrected chi connectivity index (χ1v) is 7.90. The Morgan fingerprint density at radius 2 is 1.78 bits per heavy atom. The number of rotatable bonds is 5. The van der Waals surface area contributed by atoms with Gasteiger partial charge in [-0.15, -0.1) is 24.8 Å². The van der Waals surface area contributed by atoms with Crippen LogP contribution in [0, 0.1) is 5.92 Å². The fraction of sp³-hybridized carbons (Fsp3) is 0.588. The van der Waals surface area contributed by atoms with E-state index in [0.29, 0.717) is 0 Å². The number of nitrogens with one attached hydrogen (secondary N) is 1. The van der Waals surface area contributed by atoms with E-state index in [9.17, 15) is 4.79 Å². The first kappa shape index (κ1) is 22.0. The van der Waals surface area contributed by atoms with Gasteiger partial charge < -0.3 is 16.0 Å². The molecule has 3 atom stereocenters. The molecule has 0 bridgehead atoms. The van der Waals surface area contributed by atoms with E-state index in [1.54, 1.807) is 0 Å². The van der Waals surface area contributed by atoms with Crippen LogP contribution in [0.4, 0.5) is 5.69 Å². The lowest BCUT2D eigenvalue weighted by Gasteiger charge is -2.22. The molecule has 2 rings (SSSR count). The predicted octanol–water partition coefficient (Wildman–Crippen LogP) is 3.29. The Balaban J connectivity index is 0.00000242. The van der Waals surface area contributed by atoms with Crippen molar-refractivity contribution in [2.45, 2.75) is 45.7 Å². The van der Waals surface area contributed by atoms with Crippen LogP contribution in [0.3, 0.4) is 0 Å². The van der Waals surface area contributed by atoms with E-state index < -0.39 is 0 Å². The van der Waals surface area contributed by atoms with Crippen LogP contribution in [0.25, 0.3) is 0 Å². The minimum Gasteiger partial charge on any atom is -0.372 e. The average Bonchev–Trinajstić information content (AvgIpc) is 3.00. The van der Waals surface area contributed by atoms with Crippen molar-refractivity contribution in [1.29, 1.82) is 0 Å². The van der Waals surface area contributed by atoms with Crippen molar-refractivity contribution in [3.63, 3.8) is 0 Å². The molecule has 3 unspecified atom stereocenters. The number of carbonyl (C=O) groups is 1. The maximum absolute atomic E-state index is 12.1. The second-order valence-corrected chi connectivity index (χ2v) is 6.17. The summed E-state index contributed by atoms with van der Waals surface area (Å²) in [5.41, 5.74) is 8.19. The Morgan fingerprint density at radius 3 is 2.35 bits per heavy atom. The summed E-state index contributed by atoms with van der Waals surface area (Å²) in [5.74, 6) is -0.154. The fourth-order valence-corrected chi connectivity index (χ4v) is 2.63. The second kappa shape index (κ2) is 10.0. The van der Waals surface area contributed by atoms with Crippen LogP contribution in [0.5, 0.6) is 0 Å². The van der Waals surface area contributed by atoms with Gasteiger partial charge in [-0.05, 0) is 44.4 Å². The SMILES string of the molecule is CC(NC(=O)C(C)C(C)N)c1cccc(N2CCCC2)c1.Cl.Cl. The number of nitrogens with two attached hydrogens (primary N) is 1. The van der Waals surface area contributed by atoms with Crippen LogP contribution in [0.15, 0.2) is 24.3 Å². The van der Waals surface area contributed by atoms with Gasteiger partial charge in [0.25, 0.3) is 0 Å². The molecule has 6 heteroatoms. The molecule has 132 valence electrons. The largest absolute Gasteiger partial charge is 0.372 e. The Morgan fingerprint density at radius 1 is 1.17 bits per heavy atom. The fourth-order valence-electron chi connectivity index (χ4n) is 2.63. The summed E-state index contributed by atoms with van der Waals surface area (Å²) in [7, 11) is 0. The lowest BCUT2D eigenvalue weighted by molar-refractivity contribution is -0.125. The van der Waals surface area contributed by atoms with E-state index in [4.69, 9.17) is 5.73 Å². The number of hydrogen-bond acceptors (Lipinski definition) is 3. The zero-order chi connectivity index (χ0) is 15.4. The smallest absolute Gasteiger partial charge is 0.224 e. The van der Waals surface area contributed by atoms with E-state index in [0.717, 1.165) is 18.7 Å². The van der Waals surface area contributed by atoms with Crippen LogP contribution in [-0.2, 0) is 4.79 Å². The van der Waals surface area contributed by atoms with Gasteiger partial charge in [-0.1, -0.05) is 19.1 Å². The number of halogens is 2. The van der Waals surface area contributed by atoms with Crippen molar-refractivity contribution in [2.24, 2.45) is 11.7 Å². The Kier molecular flexibility index (Phi) is 9.59. The lowest BCUT2D eigenvalue weighted by Crippen LogP contribution is -2.39. The third kappa shape index (κ3) is 5.87. The third-order valence-electron chi connectivity index (χ3n) is 4.40. The number of anilines is 1. The summed E-state index contributed by atoms with van der Waals surface area (Å²) in [6, 6.07) is 8.34. The molecule has 0 aromatic heterocycles. The molecule has 0 radical (unpaired) electrons. The van der Waals surface area contributed by atoms with Crippen molar-refractivity contribution in [3.05, 3.63) is 29.8 Å². The second-order valence-electron chi connectivity index (χ2n) is 6.17. The molecule has 1 fully saturated rings. The molecule has 1 heterocycles. The minimum atomic E-state index is -0.172. The van der Waals surface area contributed by atoms with Gasteiger partial charge in [0.2, 0.25) is 5.91 Å². The van der Waals surface area contributed by atoms with Crippen molar-refractivity contribution in [3.8, 4) is 0 Å².